The fraction of sp³-hybridized carbons (Fsp3) is 0.389. The molecule has 0 fully saturated rings. The van der Waals surface area contributed by atoms with Crippen molar-refractivity contribution in [1.29, 1.82) is 0 Å². The fourth-order valence-corrected chi connectivity index (χ4v) is 3.36. The number of imide groups is 2. The van der Waals surface area contributed by atoms with Crippen LogP contribution < -0.4 is 15.5 Å². The minimum Gasteiger partial charge on any atom is -0.341 e. The molecule has 0 saturated heterocycles. The highest BCUT2D eigenvalue weighted by molar-refractivity contribution is 6.14. The number of anilines is 1. The van der Waals surface area contributed by atoms with Crippen molar-refractivity contribution in [2.24, 2.45) is 5.10 Å². The van der Waals surface area contributed by atoms with E-state index < -0.39 is 24.1 Å². The first-order valence-electron chi connectivity index (χ1n) is 8.85. The second-order valence-electron chi connectivity index (χ2n) is 6.53. The summed E-state index contributed by atoms with van der Waals surface area (Å²) in [7, 11) is 4.50. The van der Waals surface area contributed by atoms with Gasteiger partial charge in [0, 0.05) is 38.8 Å². The van der Waals surface area contributed by atoms with Crippen LogP contribution in [0.15, 0.2) is 23.3 Å². The molecule has 1 atom stereocenters. The lowest BCUT2D eigenvalue weighted by atomic mass is 9.95. The van der Waals surface area contributed by atoms with Gasteiger partial charge >= 0.3 is 18.1 Å². The number of benzene rings is 1. The second kappa shape index (κ2) is 7.29. The van der Waals surface area contributed by atoms with E-state index in [1.807, 2.05) is 12.1 Å². The van der Waals surface area contributed by atoms with E-state index in [9.17, 15) is 19.2 Å². The lowest BCUT2D eigenvalue weighted by Gasteiger charge is -2.35. The number of rotatable bonds is 1. The maximum Gasteiger partial charge on any atom is 0.358 e. The normalized spacial score (nSPS) is 19.2. The zero-order valence-electron chi connectivity index (χ0n) is 16.1. The van der Waals surface area contributed by atoms with Gasteiger partial charge in [0.25, 0.3) is 0 Å². The van der Waals surface area contributed by atoms with Crippen molar-refractivity contribution in [2.45, 2.75) is 25.8 Å². The summed E-state index contributed by atoms with van der Waals surface area (Å²) in [6, 6.07) is 2.56. The predicted molar refractivity (Wildman–Crippen MR) is 102 cm³/mol. The third-order valence-electron chi connectivity index (χ3n) is 4.94. The zero-order valence-corrected chi connectivity index (χ0v) is 16.1. The van der Waals surface area contributed by atoms with E-state index in [0.717, 1.165) is 16.2 Å². The Morgan fingerprint density at radius 1 is 1.11 bits per heavy atom. The minimum atomic E-state index is -0.835. The molecule has 0 aliphatic carbocycles. The monoisotopic (exact) mass is 386 g/mol. The van der Waals surface area contributed by atoms with E-state index in [1.165, 1.54) is 14.1 Å². The molecule has 10 heteroatoms. The van der Waals surface area contributed by atoms with E-state index in [1.54, 1.807) is 24.9 Å². The molecule has 3 rings (SSSR count). The van der Waals surface area contributed by atoms with Gasteiger partial charge in [-0.05, 0) is 31.0 Å². The highest BCUT2D eigenvalue weighted by Crippen LogP contribution is 2.29. The highest BCUT2D eigenvalue weighted by Gasteiger charge is 2.41. The van der Waals surface area contributed by atoms with E-state index in [0.29, 0.717) is 29.1 Å². The molecule has 2 aliphatic rings. The van der Waals surface area contributed by atoms with Crippen molar-refractivity contribution in [1.82, 2.24) is 20.5 Å². The van der Waals surface area contributed by atoms with Crippen LogP contribution in [0.2, 0.25) is 0 Å². The Hall–Kier alpha value is -3.43. The number of amides is 7. The lowest BCUT2D eigenvalue weighted by molar-refractivity contribution is -0.118. The van der Waals surface area contributed by atoms with Crippen molar-refractivity contribution >= 4 is 35.4 Å². The number of nitrogens with zero attached hydrogens (tertiary/aromatic N) is 4. The summed E-state index contributed by atoms with van der Waals surface area (Å²) in [4.78, 5) is 51.4. The zero-order chi connectivity index (χ0) is 20.6. The Balaban J connectivity index is 2.08. The molecule has 0 aromatic heterocycles. The molecule has 1 unspecified atom stereocenters. The number of carbonyl (C=O) groups is 4. The van der Waals surface area contributed by atoms with Crippen LogP contribution in [-0.4, -0.2) is 66.8 Å². The van der Waals surface area contributed by atoms with Crippen LogP contribution in [0.4, 0.5) is 20.1 Å². The number of aryl methyl sites for hydroxylation is 1. The highest BCUT2D eigenvalue weighted by atomic mass is 16.2. The summed E-state index contributed by atoms with van der Waals surface area (Å²) < 4.78 is 0. The molecule has 2 N–H and O–H groups in total. The number of urea groups is 3. The van der Waals surface area contributed by atoms with Gasteiger partial charge in [-0.25, -0.2) is 19.3 Å². The lowest BCUT2D eigenvalue weighted by Crippen LogP contribution is -2.60. The average Bonchev–Trinajstić information content (AvgIpc) is 2.70. The standard InChI is InChI=1S/C18H22N6O4/c1-10-15(12-5-7-13-11(9-12)6-8-14(25)22(13)4)21-24(17(27)20-3)18(28)23(10)16(26)19-2/h5,7,9-10H,6,8H2,1-4H3,(H,19,26)(H,20,27). The Labute approximate surface area is 162 Å². The van der Waals surface area contributed by atoms with Crippen molar-refractivity contribution < 1.29 is 19.2 Å². The van der Waals surface area contributed by atoms with Crippen molar-refractivity contribution in [2.75, 3.05) is 26.0 Å². The number of fused-ring (bicyclic) bond motifs is 1. The van der Waals surface area contributed by atoms with E-state index in [2.05, 4.69) is 15.7 Å². The van der Waals surface area contributed by atoms with Crippen molar-refractivity contribution in [3.8, 4) is 0 Å². The van der Waals surface area contributed by atoms with Crippen molar-refractivity contribution in [3.63, 3.8) is 0 Å². The van der Waals surface area contributed by atoms with E-state index in [4.69, 9.17) is 0 Å². The first-order valence-corrected chi connectivity index (χ1v) is 8.85. The Morgan fingerprint density at radius 2 is 1.79 bits per heavy atom. The van der Waals surface area contributed by atoms with Gasteiger partial charge in [-0.3, -0.25) is 4.79 Å². The molecule has 0 spiro atoms. The van der Waals surface area contributed by atoms with Gasteiger partial charge in [-0.15, -0.1) is 5.01 Å². The van der Waals surface area contributed by atoms with Gasteiger partial charge in [0.2, 0.25) is 5.91 Å². The van der Waals surface area contributed by atoms with Crippen LogP contribution in [0.3, 0.4) is 0 Å². The maximum atomic E-state index is 12.6. The van der Waals surface area contributed by atoms with Gasteiger partial charge in [-0.2, -0.15) is 5.10 Å². The molecule has 1 aromatic rings. The molecule has 1 aromatic carbocycles. The van der Waals surface area contributed by atoms with E-state index >= 15 is 0 Å². The SMILES string of the molecule is CNC(=O)N1N=C(c2ccc3c(c2)CCC(=O)N3C)C(C)N(C(=O)NC)C1=O. The Morgan fingerprint density at radius 3 is 2.43 bits per heavy atom. The third kappa shape index (κ3) is 3.06. The Bertz CT molecular complexity index is 896. The summed E-state index contributed by atoms with van der Waals surface area (Å²) in [5, 5.41) is 9.62. The molecule has 2 aliphatic heterocycles. The summed E-state index contributed by atoms with van der Waals surface area (Å²) in [5.74, 6) is 0.0470. The summed E-state index contributed by atoms with van der Waals surface area (Å²) in [6.45, 7) is 1.67. The molecule has 148 valence electrons. The summed E-state index contributed by atoms with van der Waals surface area (Å²) >= 11 is 0. The summed E-state index contributed by atoms with van der Waals surface area (Å²) in [6.07, 6.45) is 0.994. The first kappa shape index (κ1) is 19.3. The van der Waals surface area contributed by atoms with Gasteiger partial charge in [-0.1, -0.05) is 6.07 Å². The minimum absolute atomic E-state index is 0.0470. The maximum absolute atomic E-state index is 12.6. The van der Waals surface area contributed by atoms with Gasteiger partial charge in [0.05, 0.1) is 11.8 Å². The summed E-state index contributed by atoms with van der Waals surface area (Å²) in [5.41, 5.74) is 2.84. The van der Waals surface area contributed by atoms with Gasteiger partial charge in [0.1, 0.15) is 0 Å². The van der Waals surface area contributed by atoms with Crippen LogP contribution in [0.25, 0.3) is 0 Å². The number of hydrogen-bond donors (Lipinski definition) is 2. The molecule has 2 heterocycles. The van der Waals surface area contributed by atoms with Crippen LogP contribution >= 0.6 is 0 Å². The van der Waals surface area contributed by atoms with Crippen molar-refractivity contribution in [3.05, 3.63) is 29.3 Å². The number of hydrogen-bond acceptors (Lipinski definition) is 5. The number of nitrogens with one attached hydrogen (secondary N) is 2. The molecule has 0 bridgehead atoms. The van der Waals surface area contributed by atoms with Crippen LogP contribution in [0, 0.1) is 0 Å². The van der Waals surface area contributed by atoms with Gasteiger partial charge in [0.15, 0.2) is 0 Å². The van der Waals surface area contributed by atoms with Crippen LogP contribution in [0.1, 0.15) is 24.5 Å². The molecular formula is C18H22N6O4. The first-order chi connectivity index (χ1) is 13.3. The fourth-order valence-electron chi connectivity index (χ4n) is 3.36. The second-order valence-corrected chi connectivity index (χ2v) is 6.53. The van der Waals surface area contributed by atoms with Crippen LogP contribution in [0.5, 0.6) is 0 Å². The quantitative estimate of drug-likeness (QED) is 0.752. The third-order valence-corrected chi connectivity index (χ3v) is 4.94. The topological polar surface area (TPSA) is 114 Å². The smallest absolute Gasteiger partial charge is 0.341 e. The molecule has 10 nitrogen and oxygen atoms in total. The van der Waals surface area contributed by atoms with E-state index in [-0.39, 0.29) is 5.91 Å². The predicted octanol–water partition coefficient (Wildman–Crippen LogP) is 1.10. The molecule has 0 saturated carbocycles. The molecule has 7 amide bonds. The molecule has 28 heavy (non-hydrogen) atoms. The molecule has 0 radical (unpaired) electrons. The number of hydrazone groups is 1. The average molecular weight is 386 g/mol. The largest absolute Gasteiger partial charge is 0.358 e. The molecular weight excluding hydrogens is 364 g/mol. The van der Waals surface area contributed by atoms with Crippen LogP contribution in [-0.2, 0) is 11.2 Å². The Kier molecular flexibility index (Phi) is 5.04. The number of carbonyl (C=O) groups excluding carboxylic acids is 4. The van der Waals surface area contributed by atoms with Gasteiger partial charge < -0.3 is 15.5 Å².